The van der Waals surface area contributed by atoms with Crippen molar-refractivity contribution in [2.75, 3.05) is 0 Å². The molecule has 0 nitrogen and oxygen atoms in total. The van der Waals surface area contributed by atoms with Crippen LogP contribution in [-0.4, -0.2) is 6.13 Å². The highest BCUT2D eigenvalue weighted by Gasteiger charge is 2.24. The number of hydrogen-bond acceptors (Lipinski definition) is 0. The second kappa shape index (κ2) is 7.62. The minimum atomic E-state index is 0.479. The minimum absolute atomic E-state index is 0.479. The lowest BCUT2D eigenvalue weighted by Gasteiger charge is -2.23. The minimum Gasteiger partial charge on any atom is -0.195 e. The van der Waals surface area contributed by atoms with Gasteiger partial charge in [-0.3, -0.25) is 0 Å². The van der Waals surface area contributed by atoms with Crippen LogP contribution in [0.3, 0.4) is 0 Å². The van der Waals surface area contributed by atoms with Crippen LogP contribution >= 0.6 is 11.5 Å². The SMILES string of the molecule is CCCCCCB(Cl)C1CCCCC1. The second-order valence-corrected chi connectivity index (χ2v) is 5.32. The van der Waals surface area contributed by atoms with Gasteiger partial charge in [0.25, 0.3) is 6.13 Å². The summed E-state index contributed by atoms with van der Waals surface area (Å²) in [5.41, 5.74) is 0. The van der Waals surface area contributed by atoms with Crippen LogP contribution in [0.25, 0.3) is 0 Å². The van der Waals surface area contributed by atoms with E-state index >= 15 is 0 Å². The van der Waals surface area contributed by atoms with Gasteiger partial charge in [-0.05, 0) is 5.82 Å². The zero-order valence-electron chi connectivity index (χ0n) is 9.60. The van der Waals surface area contributed by atoms with E-state index in [0.29, 0.717) is 6.13 Å². The Morgan fingerprint density at radius 2 is 1.79 bits per heavy atom. The molecule has 1 aliphatic carbocycles. The van der Waals surface area contributed by atoms with Gasteiger partial charge in [-0.2, -0.15) is 11.5 Å². The molecule has 1 fully saturated rings. The molecular weight excluding hydrogens is 190 g/mol. The summed E-state index contributed by atoms with van der Waals surface area (Å²) in [6.45, 7) is 2.26. The summed E-state index contributed by atoms with van der Waals surface area (Å²) >= 11 is 6.44. The highest BCUT2D eigenvalue weighted by Crippen LogP contribution is 2.34. The number of halogens is 1. The molecule has 0 aromatic rings. The van der Waals surface area contributed by atoms with E-state index in [1.54, 1.807) is 0 Å². The molecule has 0 aromatic heterocycles. The van der Waals surface area contributed by atoms with Crippen molar-refractivity contribution in [1.82, 2.24) is 0 Å². The maximum atomic E-state index is 6.44. The van der Waals surface area contributed by atoms with Gasteiger partial charge in [0.1, 0.15) is 0 Å². The molecule has 0 spiro atoms. The molecule has 0 radical (unpaired) electrons. The summed E-state index contributed by atoms with van der Waals surface area (Å²) in [5, 5.41) is 0. The Morgan fingerprint density at radius 3 is 2.43 bits per heavy atom. The molecule has 14 heavy (non-hydrogen) atoms. The summed E-state index contributed by atoms with van der Waals surface area (Å²) in [6, 6.07) is 0. The monoisotopic (exact) mass is 214 g/mol. The lowest BCUT2D eigenvalue weighted by molar-refractivity contribution is 0.497. The van der Waals surface area contributed by atoms with Gasteiger partial charge in [0.05, 0.1) is 0 Å². The summed E-state index contributed by atoms with van der Waals surface area (Å²) < 4.78 is 0. The van der Waals surface area contributed by atoms with Crippen LogP contribution in [0.4, 0.5) is 0 Å². The topological polar surface area (TPSA) is 0 Å². The molecule has 0 aliphatic heterocycles. The lowest BCUT2D eigenvalue weighted by atomic mass is 9.55. The molecule has 0 saturated heterocycles. The van der Waals surface area contributed by atoms with E-state index in [4.69, 9.17) is 11.5 Å². The van der Waals surface area contributed by atoms with E-state index < -0.39 is 0 Å². The quantitative estimate of drug-likeness (QED) is 0.425. The van der Waals surface area contributed by atoms with Crippen LogP contribution in [0.1, 0.15) is 64.7 Å². The van der Waals surface area contributed by atoms with Crippen LogP contribution in [0, 0.1) is 0 Å². The zero-order valence-corrected chi connectivity index (χ0v) is 10.4. The average Bonchev–Trinajstić information content (AvgIpc) is 2.25. The van der Waals surface area contributed by atoms with Crippen LogP contribution in [-0.2, 0) is 0 Å². The first-order chi connectivity index (χ1) is 6.84. The van der Waals surface area contributed by atoms with E-state index in [-0.39, 0.29) is 0 Å². The van der Waals surface area contributed by atoms with Crippen molar-refractivity contribution in [3.05, 3.63) is 0 Å². The second-order valence-electron chi connectivity index (χ2n) is 4.76. The Labute approximate surface area is 94.8 Å². The summed E-state index contributed by atoms with van der Waals surface area (Å²) in [5.74, 6) is 0.840. The zero-order chi connectivity index (χ0) is 10.2. The van der Waals surface area contributed by atoms with E-state index in [1.165, 1.54) is 64.1 Å². The fourth-order valence-electron chi connectivity index (χ4n) is 2.50. The fraction of sp³-hybridized carbons (Fsp3) is 1.00. The van der Waals surface area contributed by atoms with E-state index in [0.717, 1.165) is 5.82 Å². The Morgan fingerprint density at radius 1 is 1.07 bits per heavy atom. The van der Waals surface area contributed by atoms with Gasteiger partial charge in [-0.15, -0.1) is 0 Å². The largest absolute Gasteiger partial charge is 0.253 e. The van der Waals surface area contributed by atoms with E-state index in [2.05, 4.69) is 6.92 Å². The van der Waals surface area contributed by atoms with Crippen LogP contribution in [0.2, 0.25) is 12.1 Å². The lowest BCUT2D eigenvalue weighted by Crippen LogP contribution is -2.16. The molecular formula is C12H24BCl. The predicted molar refractivity (Wildman–Crippen MR) is 67.4 cm³/mol. The average molecular weight is 215 g/mol. The molecule has 1 rings (SSSR count). The Kier molecular flexibility index (Phi) is 6.76. The van der Waals surface area contributed by atoms with Crippen molar-refractivity contribution in [3.8, 4) is 0 Å². The van der Waals surface area contributed by atoms with Crippen molar-refractivity contribution in [1.29, 1.82) is 0 Å². The van der Waals surface area contributed by atoms with Gasteiger partial charge in [0.15, 0.2) is 0 Å². The highest BCUT2D eigenvalue weighted by molar-refractivity contribution is 7.07. The molecule has 2 heteroatoms. The fourth-order valence-corrected chi connectivity index (χ4v) is 2.90. The number of hydrogen-bond donors (Lipinski definition) is 0. The number of rotatable bonds is 6. The van der Waals surface area contributed by atoms with Gasteiger partial charge in [-0.1, -0.05) is 71.0 Å². The molecule has 0 atom stereocenters. The van der Waals surface area contributed by atoms with Gasteiger partial charge in [-0.25, -0.2) is 0 Å². The van der Waals surface area contributed by atoms with Crippen LogP contribution in [0.15, 0.2) is 0 Å². The summed E-state index contributed by atoms with van der Waals surface area (Å²) in [6.07, 6.45) is 14.2. The first kappa shape index (κ1) is 12.4. The van der Waals surface area contributed by atoms with Gasteiger partial charge < -0.3 is 0 Å². The third-order valence-corrected chi connectivity index (χ3v) is 4.07. The molecule has 0 bridgehead atoms. The molecule has 0 aromatic carbocycles. The summed E-state index contributed by atoms with van der Waals surface area (Å²) in [4.78, 5) is 0. The van der Waals surface area contributed by atoms with Crippen molar-refractivity contribution < 1.29 is 0 Å². The van der Waals surface area contributed by atoms with Gasteiger partial charge in [0, 0.05) is 0 Å². The van der Waals surface area contributed by atoms with Crippen LogP contribution in [0.5, 0.6) is 0 Å². The van der Waals surface area contributed by atoms with Gasteiger partial charge in [0.2, 0.25) is 0 Å². The third-order valence-electron chi connectivity index (χ3n) is 3.49. The summed E-state index contributed by atoms with van der Waals surface area (Å²) in [7, 11) is 0. The maximum absolute atomic E-state index is 6.44. The Hall–Kier alpha value is 0.355. The Balaban J connectivity index is 2.04. The van der Waals surface area contributed by atoms with E-state index in [1.807, 2.05) is 0 Å². The molecule has 1 saturated carbocycles. The first-order valence-electron chi connectivity index (χ1n) is 6.48. The van der Waals surface area contributed by atoms with Crippen molar-refractivity contribution in [3.63, 3.8) is 0 Å². The van der Waals surface area contributed by atoms with Crippen LogP contribution < -0.4 is 0 Å². The van der Waals surface area contributed by atoms with Crippen molar-refractivity contribution in [2.45, 2.75) is 76.8 Å². The first-order valence-corrected chi connectivity index (χ1v) is 6.92. The van der Waals surface area contributed by atoms with Gasteiger partial charge >= 0.3 is 0 Å². The third kappa shape index (κ3) is 4.73. The molecule has 0 N–H and O–H groups in total. The van der Waals surface area contributed by atoms with E-state index in [9.17, 15) is 0 Å². The normalized spacial score (nSPS) is 18.4. The molecule has 1 aliphatic rings. The maximum Gasteiger partial charge on any atom is 0.253 e. The smallest absolute Gasteiger partial charge is 0.195 e. The predicted octanol–water partition coefficient (Wildman–Crippen LogP) is 5.13. The molecule has 82 valence electrons. The molecule has 0 unspecified atom stereocenters. The Bertz CT molecular complexity index is 132. The standard InChI is InChI=1S/C12H24BCl/c1-2-3-4-8-11-13(14)12-9-6-5-7-10-12/h12H,2-11H2,1H3. The number of unbranched alkanes of at least 4 members (excludes halogenated alkanes) is 3. The van der Waals surface area contributed by atoms with Crippen molar-refractivity contribution >= 4 is 17.6 Å². The molecule has 0 amide bonds. The molecule has 0 heterocycles. The van der Waals surface area contributed by atoms with Crippen molar-refractivity contribution in [2.24, 2.45) is 0 Å². The highest BCUT2D eigenvalue weighted by atomic mass is 35.5.